The van der Waals surface area contributed by atoms with Crippen LogP contribution in [0.4, 0.5) is 0 Å². The van der Waals surface area contributed by atoms with Gasteiger partial charge in [0.05, 0.1) is 39.0 Å². The van der Waals surface area contributed by atoms with E-state index in [-0.39, 0.29) is 35.8 Å². The summed E-state index contributed by atoms with van der Waals surface area (Å²) in [4.78, 5) is 36.0. The molecular formula is C25H36N4O6. The number of morpholine rings is 1. The standard InChI is InChI=1S/C25H36N4O6/c1-17-13-29(18(2)16-30)25(33)21-11-20(6-5-19(3)31)12-26-24(21)35-22(17)14-27(4)23(32)15-28-7-9-34-10-8-28/h11-12,17-19,22,30-31H,7-10,13-16H2,1-4H3/t17-,18-,19-,22+/m1/s1. The van der Waals surface area contributed by atoms with Gasteiger partial charge in [-0.2, -0.15) is 0 Å². The fourth-order valence-corrected chi connectivity index (χ4v) is 4.02. The van der Waals surface area contributed by atoms with E-state index < -0.39 is 18.2 Å². The van der Waals surface area contributed by atoms with E-state index in [1.165, 1.54) is 6.20 Å². The molecule has 2 aliphatic heterocycles. The van der Waals surface area contributed by atoms with Gasteiger partial charge in [-0.1, -0.05) is 18.8 Å². The highest BCUT2D eigenvalue weighted by Gasteiger charge is 2.34. The number of carbonyl (C=O) groups excluding carboxylic acids is 2. The first-order chi connectivity index (χ1) is 16.7. The van der Waals surface area contributed by atoms with Gasteiger partial charge in [0, 0.05) is 44.4 Å². The van der Waals surface area contributed by atoms with Crippen molar-refractivity contribution >= 4 is 11.8 Å². The van der Waals surface area contributed by atoms with Gasteiger partial charge in [0.15, 0.2) is 0 Å². The molecule has 0 radical (unpaired) electrons. The second-order valence-corrected chi connectivity index (χ2v) is 9.31. The fourth-order valence-electron chi connectivity index (χ4n) is 4.02. The molecule has 4 atom stereocenters. The van der Waals surface area contributed by atoms with E-state index in [0.717, 1.165) is 13.1 Å². The summed E-state index contributed by atoms with van der Waals surface area (Å²) in [5.74, 6) is 5.17. The number of carbonyl (C=O) groups is 2. The van der Waals surface area contributed by atoms with Crippen molar-refractivity contribution in [2.75, 3.05) is 59.6 Å². The molecule has 3 heterocycles. The van der Waals surface area contributed by atoms with Crippen LogP contribution in [-0.4, -0.2) is 120 Å². The molecule has 10 nitrogen and oxygen atoms in total. The number of pyridine rings is 1. The van der Waals surface area contributed by atoms with Gasteiger partial charge in [-0.05, 0) is 19.9 Å². The summed E-state index contributed by atoms with van der Waals surface area (Å²) >= 11 is 0. The number of rotatable bonds is 6. The molecular weight excluding hydrogens is 452 g/mol. The Morgan fingerprint density at radius 3 is 2.71 bits per heavy atom. The monoisotopic (exact) mass is 488 g/mol. The third kappa shape index (κ3) is 7.15. The van der Waals surface area contributed by atoms with Crippen molar-refractivity contribution in [1.29, 1.82) is 0 Å². The van der Waals surface area contributed by atoms with Crippen LogP contribution in [0, 0.1) is 17.8 Å². The Morgan fingerprint density at radius 1 is 1.34 bits per heavy atom. The van der Waals surface area contributed by atoms with Crippen LogP contribution in [0.25, 0.3) is 0 Å². The summed E-state index contributed by atoms with van der Waals surface area (Å²) in [5.41, 5.74) is 0.711. The number of aliphatic hydroxyl groups excluding tert-OH is 2. The van der Waals surface area contributed by atoms with Crippen molar-refractivity contribution in [3.05, 3.63) is 23.4 Å². The number of hydrogen-bond donors (Lipinski definition) is 2. The van der Waals surface area contributed by atoms with Gasteiger partial charge < -0.3 is 29.5 Å². The van der Waals surface area contributed by atoms with Gasteiger partial charge >= 0.3 is 0 Å². The lowest BCUT2D eigenvalue weighted by atomic mass is 10.00. The predicted molar refractivity (Wildman–Crippen MR) is 129 cm³/mol. The zero-order chi connectivity index (χ0) is 25.5. The van der Waals surface area contributed by atoms with E-state index in [2.05, 4.69) is 21.7 Å². The molecule has 35 heavy (non-hydrogen) atoms. The van der Waals surface area contributed by atoms with Crippen molar-refractivity contribution in [1.82, 2.24) is 19.7 Å². The molecule has 10 heteroatoms. The van der Waals surface area contributed by atoms with Crippen molar-refractivity contribution in [2.45, 2.75) is 39.0 Å². The lowest BCUT2D eigenvalue weighted by Crippen LogP contribution is -2.51. The minimum absolute atomic E-state index is 0.0154. The van der Waals surface area contributed by atoms with Crippen molar-refractivity contribution in [3.8, 4) is 17.7 Å². The fraction of sp³-hybridized carbons (Fsp3) is 0.640. The summed E-state index contributed by atoms with van der Waals surface area (Å²) in [6, 6.07) is 1.18. The zero-order valence-corrected chi connectivity index (χ0v) is 20.9. The third-order valence-corrected chi connectivity index (χ3v) is 6.29. The average Bonchev–Trinajstić information content (AvgIpc) is 2.84. The summed E-state index contributed by atoms with van der Waals surface area (Å²) in [7, 11) is 1.75. The van der Waals surface area contributed by atoms with E-state index >= 15 is 0 Å². The molecule has 3 rings (SSSR count). The molecule has 0 spiro atoms. The first-order valence-electron chi connectivity index (χ1n) is 12.0. The number of likely N-dealkylation sites (N-methyl/N-ethyl adjacent to an activating group) is 1. The van der Waals surface area contributed by atoms with Crippen LogP contribution in [0.1, 0.15) is 36.7 Å². The summed E-state index contributed by atoms with van der Waals surface area (Å²) < 4.78 is 11.6. The van der Waals surface area contributed by atoms with Crippen LogP contribution in [0.3, 0.4) is 0 Å². The normalized spacial score (nSPS) is 22.6. The topological polar surface area (TPSA) is 116 Å². The minimum Gasteiger partial charge on any atom is -0.472 e. The largest absolute Gasteiger partial charge is 0.472 e. The molecule has 1 aromatic heterocycles. The highest BCUT2D eigenvalue weighted by Crippen LogP contribution is 2.27. The number of ether oxygens (including phenoxy) is 2. The third-order valence-electron chi connectivity index (χ3n) is 6.29. The first-order valence-corrected chi connectivity index (χ1v) is 12.0. The van der Waals surface area contributed by atoms with Crippen molar-refractivity contribution in [3.63, 3.8) is 0 Å². The maximum absolute atomic E-state index is 13.4. The Labute approximate surface area is 206 Å². The predicted octanol–water partition coefficient (Wildman–Crippen LogP) is -0.175. The second-order valence-electron chi connectivity index (χ2n) is 9.31. The molecule has 2 amide bonds. The van der Waals surface area contributed by atoms with Gasteiger partial charge in [-0.25, -0.2) is 4.98 Å². The minimum atomic E-state index is -0.814. The maximum atomic E-state index is 13.4. The van der Waals surface area contributed by atoms with E-state index in [1.807, 2.05) is 6.92 Å². The quantitative estimate of drug-likeness (QED) is 0.530. The molecule has 0 aromatic carbocycles. The Balaban J connectivity index is 1.85. The lowest BCUT2D eigenvalue weighted by Gasteiger charge is -2.38. The first kappa shape index (κ1) is 26.9. The number of amides is 2. The van der Waals surface area contributed by atoms with Gasteiger partial charge in [-0.3, -0.25) is 14.5 Å². The lowest BCUT2D eigenvalue weighted by molar-refractivity contribution is -0.133. The molecule has 192 valence electrons. The zero-order valence-electron chi connectivity index (χ0n) is 20.9. The molecule has 0 bridgehead atoms. The van der Waals surface area contributed by atoms with Crippen LogP contribution < -0.4 is 4.74 Å². The van der Waals surface area contributed by atoms with Gasteiger partial charge in [0.2, 0.25) is 11.8 Å². The van der Waals surface area contributed by atoms with Crippen LogP contribution in [0.2, 0.25) is 0 Å². The van der Waals surface area contributed by atoms with E-state index in [9.17, 15) is 19.8 Å². The molecule has 1 saturated heterocycles. The number of fused-ring (bicyclic) bond motifs is 1. The number of aliphatic hydroxyl groups is 2. The molecule has 1 aromatic rings. The Bertz CT molecular complexity index is 953. The molecule has 2 N–H and O–H groups in total. The van der Waals surface area contributed by atoms with Crippen molar-refractivity contribution < 1.29 is 29.3 Å². The second kappa shape index (κ2) is 12.3. The number of aromatic nitrogens is 1. The summed E-state index contributed by atoms with van der Waals surface area (Å²) in [6.45, 7) is 8.79. The highest BCUT2D eigenvalue weighted by atomic mass is 16.5. The summed E-state index contributed by atoms with van der Waals surface area (Å²) in [6.07, 6.45) is 0.263. The number of hydrogen-bond acceptors (Lipinski definition) is 8. The van der Waals surface area contributed by atoms with Gasteiger partial charge in [0.25, 0.3) is 5.91 Å². The Kier molecular flexibility index (Phi) is 9.46. The Morgan fingerprint density at radius 2 is 2.06 bits per heavy atom. The average molecular weight is 489 g/mol. The maximum Gasteiger partial charge on any atom is 0.259 e. The van der Waals surface area contributed by atoms with E-state index in [1.54, 1.807) is 36.8 Å². The SMILES string of the molecule is C[C@@H]1CN([C@H](C)CO)C(=O)c2cc(C#C[C@@H](C)O)cnc2O[C@H]1CN(C)C(=O)CN1CCOCC1. The summed E-state index contributed by atoms with van der Waals surface area (Å²) in [5, 5.41) is 19.2. The molecule has 0 aliphatic carbocycles. The molecule has 0 unspecified atom stereocenters. The number of nitrogens with zero attached hydrogens (tertiary/aromatic N) is 4. The van der Waals surface area contributed by atoms with Gasteiger partial charge in [0.1, 0.15) is 17.8 Å². The van der Waals surface area contributed by atoms with Crippen LogP contribution in [-0.2, 0) is 9.53 Å². The molecule has 1 fully saturated rings. The Hall–Kier alpha value is -2.71. The smallest absolute Gasteiger partial charge is 0.259 e. The van der Waals surface area contributed by atoms with Crippen molar-refractivity contribution in [2.24, 2.45) is 5.92 Å². The molecule has 2 aliphatic rings. The van der Waals surface area contributed by atoms with E-state index in [0.29, 0.717) is 38.4 Å². The highest BCUT2D eigenvalue weighted by molar-refractivity contribution is 5.97. The van der Waals surface area contributed by atoms with E-state index in [4.69, 9.17) is 9.47 Å². The van der Waals surface area contributed by atoms with Crippen LogP contribution >= 0.6 is 0 Å². The molecule has 0 saturated carbocycles. The van der Waals surface area contributed by atoms with Crippen LogP contribution in [0.5, 0.6) is 5.88 Å². The van der Waals surface area contributed by atoms with Gasteiger partial charge in [-0.15, -0.1) is 0 Å². The van der Waals surface area contributed by atoms with Crippen LogP contribution in [0.15, 0.2) is 12.3 Å².